The standard InChI is InChI=1S/C16H23N3O2S/c1-12(18-16(20)9-17-21)10-19-8-4-6-13-5-3-7-15(22-2)14(13)11-19/h3,5,7,9,12,21H,4,6,8,10-11H2,1-2H3,(H,18,20)/b17-9-/t12-/m0/s1. The van der Waals surface area contributed by atoms with Crippen molar-refractivity contribution in [2.75, 3.05) is 19.3 Å². The van der Waals surface area contributed by atoms with Crippen LogP contribution in [0, 0.1) is 0 Å². The Morgan fingerprint density at radius 3 is 3.14 bits per heavy atom. The Labute approximate surface area is 135 Å². The van der Waals surface area contributed by atoms with Crippen molar-refractivity contribution >= 4 is 23.9 Å². The number of hydrogen-bond donors (Lipinski definition) is 2. The first-order valence-corrected chi connectivity index (χ1v) is 8.71. The third kappa shape index (κ3) is 4.48. The van der Waals surface area contributed by atoms with Gasteiger partial charge in [-0.15, -0.1) is 11.8 Å². The number of nitrogens with one attached hydrogen (secondary N) is 1. The van der Waals surface area contributed by atoms with Crippen LogP contribution in [0.4, 0.5) is 0 Å². The molecule has 0 bridgehead atoms. The number of nitrogens with zero attached hydrogens (tertiary/aromatic N) is 2. The van der Waals surface area contributed by atoms with Gasteiger partial charge in [0, 0.05) is 24.0 Å². The van der Waals surface area contributed by atoms with Crippen LogP contribution in [0.15, 0.2) is 28.3 Å². The van der Waals surface area contributed by atoms with E-state index in [9.17, 15) is 4.79 Å². The molecule has 0 radical (unpaired) electrons. The van der Waals surface area contributed by atoms with E-state index in [1.165, 1.54) is 16.0 Å². The molecule has 0 aliphatic carbocycles. The van der Waals surface area contributed by atoms with Crippen LogP contribution in [0.25, 0.3) is 0 Å². The monoisotopic (exact) mass is 321 g/mol. The number of carbonyl (C=O) groups is 1. The molecule has 0 saturated heterocycles. The molecule has 120 valence electrons. The van der Waals surface area contributed by atoms with E-state index in [1.807, 2.05) is 6.92 Å². The number of oxime groups is 1. The van der Waals surface area contributed by atoms with Crippen LogP contribution in [0.3, 0.4) is 0 Å². The Balaban J connectivity index is 2.02. The number of carbonyl (C=O) groups excluding carboxylic acids is 1. The minimum Gasteiger partial charge on any atom is -0.411 e. The highest BCUT2D eigenvalue weighted by Gasteiger charge is 2.19. The number of thioether (sulfide) groups is 1. The molecule has 1 aliphatic heterocycles. The Hall–Kier alpha value is -1.53. The van der Waals surface area contributed by atoms with Crippen LogP contribution >= 0.6 is 11.8 Å². The summed E-state index contributed by atoms with van der Waals surface area (Å²) in [6.45, 7) is 4.69. The van der Waals surface area contributed by atoms with Gasteiger partial charge in [-0.1, -0.05) is 17.3 Å². The average Bonchev–Trinajstić information content (AvgIpc) is 2.68. The minimum atomic E-state index is -0.366. The zero-order valence-electron chi connectivity index (χ0n) is 13.1. The Kier molecular flexibility index (Phi) is 6.27. The van der Waals surface area contributed by atoms with Crippen molar-refractivity contribution in [3.8, 4) is 0 Å². The maximum absolute atomic E-state index is 11.4. The van der Waals surface area contributed by atoms with Gasteiger partial charge in [-0.25, -0.2) is 0 Å². The molecule has 0 saturated carbocycles. The first kappa shape index (κ1) is 16.8. The first-order valence-electron chi connectivity index (χ1n) is 7.49. The summed E-state index contributed by atoms with van der Waals surface area (Å²) in [7, 11) is 0. The van der Waals surface area contributed by atoms with E-state index in [1.54, 1.807) is 11.8 Å². The first-order chi connectivity index (χ1) is 10.6. The molecule has 5 nitrogen and oxygen atoms in total. The fraction of sp³-hybridized carbons (Fsp3) is 0.500. The molecule has 2 rings (SSSR count). The molecule has 2 N–H and O–H groups in total. The van der Waals surface area contributed by atoms with Crippen molar-refractivity contribution in [3.05, 3.63) is 29.3 Å². The van der Waals surface area contributed by atoms with Crippen molar-refractivity contribution in [1.29, 1.82) is 0 Å². The lowest BCUT2D eigenvalue weighted by Gasteiger charge is -2.25. The number of benzene rings is 1. The Bertz CT molecular complexity index is 548. The van der Waals surface area contributed by atoms with Crippen molar-refractivity contribution in [1.82, 2.24) is 10.2 Å². The number of amides is 1. The summed E-state index contributed by atoms with van der Waals surface area (Å²) in [4.78, 5) is 15.1. The summed E-state index contributed by atoms with van der Waals surface area (Å²) in [6.07, 6.45) is 5.24. The highest BCUT2D eigenvalue weighted by atomic mass is 32.2. The van der Waals surface area contributed by atoms with Crippen molar-refractivity contribution in [2.45, 2.75) is 37.2 Å². The van der Waals surface area contributed by atoms with Crippen LogP contribution in [-0.2, 0) is 17.8 Å². The molecule has 0 aromatic heterocycles. The van der Waals surface area contributed by atoms with Crippen molar-refractivity contribution in [3.63, 3.8) is 0 Å². The highest BCUT2D eigenvalue weighted by Crippen LogP contribution is 2.28. The second-order valence-electron chi connectivity index (χ2n) is 5.59. The van der Waals surface area contributed by atoms with Gasteiger partial charge in [0.05, 0.1) is 0 Å². The second-order valence-corrected chi connectivity index (χ2v) is 6.44. The third-order valence-electron chi connectivity index (χ3n) is 3.85. The fourth-order valence-electron chi connectivity index (χ4n) is 2.93. The average molecular weight is 321 g/mol. The highest BCUT2D eigenvalue weighted by molar-refractivity contribution is 7.98. The van der Waals surface area contributed by atoms with E-state index >= 15 is 0 Å². The maximum Gasteiger partial charge on any atom is 0.266 e. The summed E-state index contributed by atoms with van der Waals surface area (Å²) in [6, 6.07) is 6.54. The van der Waals surface area contributed by atoms with Crippen LogP contribution < -0.4 is 5.32 Å². The smallest absolute Gasteiger partial charge is 0.266 e. The number of fused-ring (bicyclic) bond motifs is 1. The van der Waals surface area contributed by atoms with E-state index in [4.69, 9.17) is 5.21 Å². The quantitative estimate of drug-likeness (QED) is 0.377. The van der Waals surface area contributed by atoms with Crippen LogP contribution in [0.2, 0.25) is 0 Å². The van der Waals surface area contributed by atoms with E-state index in [-0.39, 0.29) is 11.9 Å². The molecule has 1 aromatic rings. The van der Waals surface area contributed by atoms with Gasteiger partial charge in [-0.05, 0) is 49.8 Å². The summed E-state index contributed by atoms with van der Waals surface area (Å²) < 4.78 is 0. The van der Waals surface area contributed by atoms with Crippen molar-refractivity contribution < 1.29 is 10.0 Å². The van der Waals surface area contributed by atoms with E-state index in [0.29, 0.717) is 0 Å². The number of hydrogen-bond acceptors (Lipinski definition) is 5. The summed E-state index contributed by atoms with van der Waals surface area (Å²) in [5, 5.41) is 13.9. The van der Waals surface area contributed by atoms with Crippen LogP contribution in [0.5, 0.6) is 0 Å². The molecule has 1 aliphatic rings. The predicted octanol–water partition coefficient (Wildman–Crippen LogP) is 2.12. The predicted molar refractivity (Wildman–Crippen MR) is 89.7 cm³/mol. The summed E-state index contributed by atoms with van der Waals surface area (Å²) in [5.74, 6) is -0.366. The molecule has 22 heavy (non-hydrogen) atoms. The molecule has 1 aromatic carbocycles. The zero-order valence-corrected chi connectivity index (χ0v) is 13.9. The lowest BCUT2D eigenvalue weighted by Crippen LogP contribution is -2.42. The molecule has 1 amide bonds. The van der Waals surface area contributed by atoms with Gasteiger partial charge < -0.3 is 10.5 Å². The molecule has 0 spiro atoms. The molecule has 0 unspecified atom stereocenters. The van der Waals surface area contributed by atoms with Crippen molar-refractivity contribution in [2.24, 2.45) is 5.16 Å². The van der Waals surface area contributed by atoms with E-state index in [0.717, 1.165) is 38.7 Å². The zero-order chi connectivity index (χ0) is 15.9. The summed E-state index contributed by atoms with van der Waals surface area (Å²) >= 11 is 1.79. The van der Waals surface area contributed by atoms with Gasteiger partial charge in [-0.3, -0.25) is 9.69 Å². The maximum atomic E-state index is 11.4. The topological polar surface area (TPSA) is 64.9 Å². The van der Waals surface area contributed by atoms with E-state index in [2.05, 4.69) is 39.8 Å². The van der Waals surface area contributed by atoms with E-state index < -0.39 is 0 Å². The molecular formula is C16H23N3O2S. The van der Waals surface area contributed by atoms with Crippen LogP contribution in [-0.4, -0.2) is 47.6 Å². The minimum absolute atomic E-state index is 0.00786. The number of aryl methyl sites for hydroxylation is 1. The normalized spacial score (nSPS) is 17.0. The van der Waals surface area contributed by atoms with Gasteiger partial charge in [0.15, 0.2) is 0 Å². The SMILES string of the molecule is CSc1cccc2c1CN(C[C@H](C)NC(=O)/C=N\O)CCC2. The second kappa shape index (κ2) is 8.19. The van der Waals surface area contributed by atoms with Gasteiger partial charge in [0.2, 0.25) is 0 Å². The lowest BCUT2D eigenvalue weighted by atomic mass is 10.0. The van der Waals surface area contributed by atoms with Crippen LogP contribution in [0.1, 0.15) is 24.5 Å². The molecule has 1 atom stereocenters. The number of rotatable bonds is 5. The lowest BCUT2D eigenvalue weighted by molar-refractivity contribution is -0.115. The Morgan fingerprint density at radius 1 is 1.59 bits per heavy atom. The Morgan fingerprint density at radius 2 is 2.41 bits per heavy atom. The molecule has 1 heterocycles. The summed E-state index contributed by atoms with van der Waals surface area (Å²) in [5.41, 5.74) is 2.86. The molecular weight excluding hydrogens is 298 g/mol. The molecule has 6 heteroatoms. The van der Waals surface area contributed by atoms with Gasteiger partial charge in [0.1, 0.15) is 6.21 Å². The van der Waals surface area contributed by atoms with Gasteiger partial charge in [0.25, 0.3) is 5.91 Å². The van der Waals surface area contributed by atoms with Gasteiger partial charge in [-0.2, -0.15) is 0 Å². The fourth-order valence-corrected chi connectivity index (χ4v) is 3.59. The van der Waals surface area contributed by atoms with Gasteiger partial charge >= 0.3 is 0 Å². The molecule has 0 fully saturated rings. The third-order valence-corrected chi connectivity index (χ3v) is 4.67. The largest absolute Gasteiger partial charge is 0.411 e.